The lowest BCUT2D eigenvalue weighted by atomic mass is 10.2. The summed E-state index contributed by atoms with van der Waals surface area (Å²) in [7, 11) is 1.57. The van der Waals surface area contributed by atoms with E-state index >= 15 is 0 Å². The summed E-state index contributed by atoms with van der Waals surface area (Å²) in [6.45, 7) is 1.83. The standard InChI is InChI=1S/C11H12ClN3O2S/c1-6(17-2)5-9(16)13-10-7(12)3-4-8-11(10)15-18-14-8/h3-4,6H,5H2,1-2H3,(H,13,16)/t6-/m1/s1. The molecule has 0 saturated carbocycles. The van der Waals surface area contributed by atoms with Crippen LogP contribution in [-0.2, 0) is 9.53 Å². The molecule has 1 atom stereocenters. The maximum Gasteiger partial charge on any atom is 0.227 e. The molecule has 18 heavy (non-hydrogen) atoms. The molecule has 0 unspecified atom stereocenters. The monoisotopic (exact) mass is 285 g/mol. The molecule has 0 aliphatic rings. The van der Waals surface area contributed by atoms with Gasteiger partial charge in [-0.3, -0.25) is 4.79 Å². The Kier molecular flexibility index (Phi) is 4.11. The van der Waals surface area contributed by atoms with Crippen molar-refractivity contribution < 1.29 is 9.53 Å². The number of amides is 1. The van der Waals surface area contributed by atoms with E-state index in [1.54, 1.807) is 19.2 Å². The lowest BCUT2D eigenvalue weighted by molar-refractivity contribution is -0.118. The molecule has 1 amide bonds. The Bertz CT molecular complexity index is 572. The number of hydrogen-bond donors (Lipinski definition) is 1. The fraction of sp³-hybridized carbons (Fsp3) is 0.364. The zero-order valence-corrected chi connectivity index (χ0v) is 11.5. The van der Waals surface area contributed by atoms with Crippen LogP contribution in [-0.4, -0.2) is 27.9 Å². The Morgan fingerprint density at radius 1 is 1.56 bits per heavy atom. The van der Waals surface area contributed by atoms with Gasteiger partial charge in [0.25, 0.3) is 0 Å². The van der Waals surface area contributed by atoms with Crippen LogP contribution in [0.4, 0.5) is 5.69 Å². The molecule has 0 spiro atoms. The van der Waals surface area contributed by atoms with Gasteiger partial charge in [-0.25, -0.2) is 0 Å². The van der Waals surface area contributed by atoms with Crippen LogP contribution in [0.15, 0.2) is 12.1 Å². The normalized spacial score (nSPS) is 12.6. The van der Waals surface area contributed by atoms with Crippen LogP contribution in [0, 0.1) is 0 Å². The van der Waals surface area contributed by atoms with Crippen LogP contribution in [0.3, 0.4) is 0 Å². The molecular formula is C11H12ClN3O2S. The number of hydrogen-bond acceptors (Lipinski definition) is 5. The number of methoxy groups -OCH3 is 1. The largest absolute Gasteiger partial charge is 0.381 e. The predicted octanol–water partition coefficient (Wildman–Crippen LogP) is 2.71. The highest BCUT2D eigenvalue weighted by molar-refractivity contribution is 7.00. The summed E-state index contributed by atoms with van der Waals surface area (Å²) in [6, 6.07) is 3.47. The van der Waals surface area contributed by atoms with E-state index in [0.717, 1.165) is 17.2 Å². The first kappa shape index (κ1) is 13.2. The Labute approximate surface area is 113 Å². The van der Waals surface area contributed by atoms with E-state index in [1.165, 1.54) is 0 Å². The van der Waals surface area contributed by atoms with Gasteiger partial charge in [0.15, 0.2) is 0 Å². The van der Waals surface area contributed by atoms with Crippen LogP contribution in [0.25, 0.3) is 11.0 Å². The second kappa shape index (κ2) is 5.60. The van der Waals surface area contributed by atoms with Gasteiger partial charge >= 0.3 is 0 Å². The van der Waals surface area contributed by atoms with Crippen molar-refractivity contribution in [1.29, 1.82) is 0 Å². The summed E-state index contributed by atoms with van der Waals surface area (Å²) in [5, 5.41) is 3.21. The van der Waals surface area contributed by atoms with E-state index < -0.39 is 0 Å². The molecule has 7 heteroatoms. The molecule has 1 N–H and O–H groups in total. The summed E-state index contributed by atoms with van der Waals surface area (Å²) in [6.07, 6.45) is 0.123. The molecule has 2 rings (SSSR count). The van der Waals surface area contributed by atoms with Crippen molar-refractivity contribution in [1.82, 2.24) is 8.75 Å². The highest BCUT2D eigenvalue weighted by atomic mass is 35.5. The Hall–Kier alpha value is -1.24. The molecule has 96 valence electrons. The first-order valence-electron chi connectivity index (χ1n) is 5.35. The number of fused-ring (bicyclic) bond motifs is 1. The Morgan fingerprint density at radius 3 is 3.06 bits per heavy atom. The van der Waals surface area contributed by atoms with Crippen molar-refractivity contribution in [2.24, 2.45) is 0 Å². The van der Waals surface area contributed by atoms with Crippen LogP contribution < -0.4 is 5.32 Å². The average molecular weight is 286 g/mol. The molecule has 0 aliphatic carbocycles. The van der Waals surface area contributed by atoms with E-state index in [0.29, 0.717) is 16.2 Å². The summed E-state index contributed by atoms with van der Waals surface area (Å²) in [5.41, 5.74) is 1.85. The van der Waals surface area contributed by atoms with Gasteiger partial charge < -0.3 is 10.1 Å². The average Bonchev–Trinajstić information content (AvgIpc) is 2.81. The van der Waals surface area contributed by atoms with Gasteiger partial charge in [-0.1, -0.05) is 11.6 Å². The topological polar surface area (TPSA) is 64.1 Å². The van der Waals surface area contributed by atoms with Crippen LogP contribution >= 0.6 is 23.3 Å². The minimum Gasteiger partial charge on any atom is -0.381 e. The van der Waals surface area contributed by atoms with Crippen molar-refractivity contribution in [2.45, 2.75) is 19.4 Å². The molecule has 1 aromatic heterocycles. The molecule has 1 heterocycles. The third-order valence-corrected chi connectivity index (χ3v) is 3.37. The fourth-order valence-electron chi connectivity index (χ4n) is 1.48. The van der Waals surface area contributed by atoms with Crippen molar-refractivity contribution >= 4 is 46.0 Å². The molecule has 2 aromatic rings. The molecular weight excluding hydrogens is 274 g/mol. The van der Waals surface area contributed by atoms with Gasteiger partial charge in [0.05, 0.1) is 35.0 Å². The summed E-state index contributed by atoms with van der Waals surface area (Å²) in [5.74, 6) is -0.160. The molecule has 1 aromatic carbocycles. The second-order valence-corrected chi connectivity index (χ2v) is 4.79. The van der Waals surface area contributed by atoms with Gasteiger partial charge in [-0.2, -0.15) is 8.75 Å². The summed E-state index contributed by atoms with van der Waals surface area (Å²) >= 11 is 7.15. The third kappa shape index (κ3) is 2.77. The maximum atomic E-state index is 11.8. The van der Waals surface area contributed by atoms with Crippen LogP contribution in [0.2, 0.25) is 5.02 Å². The molecule has 0 radical (unpaired) electrons. The number of anilines is 1. The highest BCUT2D eigenvalue weighted by Crippen LogP contribution is 2.30. The number of ether oxygens (including phenoxy) is 1. The van der Waals surface area contributed by atoms with Crippen LogP contribution in [0.5, 0.6) is 0 Å². The second-order valence-electron chi connectivity index (χ2n) is 3.85. The zero-order valence-electron chi connectivity index (χ0n) is 9.94. The molecule has 0 saturated heterocycles. The van der Waals surface area contributed by atoms with Gasteiger partial charge in [-0.15, -0.1) is 0 Å². The van der Waals surface area contributed by atoms with Crippen molar-refractivity contribution in [3.05, 3.63) is 17.2 Å². The number of halogens is 1. The Balaban J connectivity index is 2.23. The number of nitrogens with zero attached hydrogens (tertiary/aromatic N) is 2. The number of carbonyl (C=O) groups excluding carboxylic acids is 1. The maximum absolute atomic E-state index is 11.8. The van der Waals surface area contributed by atoms with Gasteiger partial charge in [0.2, 0.25) is 5.91 Å². The summed E-state index contributed by atoms with van der Waals surface area (Å²) < 4.78 is 13.3. The van der Waals surface area contributed by atoms with Gasteiger partial charge in [0, 0.05) is 7.11 Å². The fourth-order valence-corrected chi connectivity index (χ4v) is 2.22. The highest BCUT2D eigenvalue weighted by Gasteiger charge is 2.14. The van der Waals surface area contributed by atoms with E-state index in [-0.39, 0.29) is 18.4 Å². The number of benzene rings is 1. The van der Waals surface area contributed by atoms with Crippen molar-refractivity contribution in [3.8, 4) is 0 Å². The number of carbonyl (C=O) groups is 1. The summed E-state index contributed by atoms with van der Waals surface area (Å²) in [4.78, 5) is 11.8. The van der Waals surface area contributed by atoms with E-state index in [2.05, 4.69) is 14.1 Å². The van der Waals surface area contributed by atoms with Gasteiger partial charge in [0.1, 0.15) is 11.0 Å². The third-order valence-electron chi connectivity index (χ3n) is 2.52. The predicted molar refractivity (Wildman–Crippen MR) is 72.1 cm³/mol. The first-order chi connectivity index (χ1) is 8.61. The molecule has 0 aliphatic heterocycles. The first-order valence-corrected chi connectivity index (χ1v) is 6.46. The lowest BCUT2D eigenvalue weighted by Crippen LogP contribution is -2.19. The molecule has 0 bridgehead atoms. The van der Waals surface area contributed by atoms with E-state index in [4.69, 9.17) is 16.3 Å². The molecule has 5 nitrogen and oxygen atoms in total. The quantitative estimate of drug-likeness (QED) is 0.938. The van der Waals surface area contributed by atoms with Gasteiger partial charge in [-0.05, 0) is 19.1 Å². The SMILES string of the molecule is CO[C@H](C)CC(=O)Nc1c(Cl)ccc2nsnc12. The molecule has 0 fully saturated rings. The van der Waals surface area contributed by atoms with Crippen LogP contribution in [0.1, 0.15) is 13.3 Å². The van der Waals surface area contributed by atoms with E-state index in [1.807, 2.05) is 6.92 Å². The minimum atomic E-state index is -0.160. The number of rotatable bonds is 4. The van der Waals surface area contributed by atoms with Crippen molar-refractivity contribution in [2.75, 3.05) is 12.4 Å². The zero-order chi connectivity index (χ0) is 13.1. The number of aromatic nitrogens is 2. The Morgan fingerprint density at radius 2 is 2.33 bits per heavy atom. The lowest BCUT2D eigenvalue weighted by Gasteiger charge is -2.11. The number of nitrogens with one attached hydrogen (secondary N) is 1. The smallest absolute Gasteiger partial charge is 0.227 e. The minimum absolute atomic E-state index is 0.142. The van der Waals surface area contributed by atoms with Crippen molar-refractivity contribution in [3.63, 3.8) is 0 Å². The van der Waals surface area contributed by atoms with E-state index in [9.17, 15) is 4.79 Å².